The summed E-state index contributed by atoms with van der Waals surface area (Å²) >= 11 is 0. The molecule has 0 bridgehead atoms. The third-order valence-electron chi connectivity index (χ3n) is 18.5. The summed E-state index contributed by atoms with van der Waals surface area (Å²) in [5.41, 5.74) is 23.7. The van der Waals surface area contributed by atoms with E-state index in [1.165, 1.54) is 78.1 Å². The second-order valence-corrected chi connectivity index (χ2v) is 23.3. The first-order valence-corrected chi connectivity index (χ1v) is 30.5. The van der Waals surface area contributed by atoms with Gasteiger partial charge in [0, 0.05) is 84.0 Å². The molecule has 87 heavy (non-hydrogen) atoms. The van der Waals surface area contributed by atoms with E-state index >= 15 is 0 Å². The summed E-state index contributed by atoms with van der Waals surface area (Å²) in [5, 5.41) is 2.41. The van der Waals surface area contributed by atoms with E-state index in [0.29, 0.717) is 17.6 Å². The van der Waals surface area contributed by atoms with E-state index in [2.05, 4.69) is 281 Å². The van der Waals surface area contributed by atoms with Crippen LogP contribution in [0, 0.1) is 0 Å². The molecular formula is C79H60N8. The lowest BCUT2D eigenvalue weighted by Gasteiger charge is -2.31. The zero-order valence-electron chi connectivity index (χ0n) is 48.4. The van der Waals surface area contributed by atoms with Gasteiger partial charge in [0.2, 0.25) is 5.95 Å². The highest BCUT2D eigenvalue weighted by Crippen LogP contribution is 2.64. The van der Waals surface area contributed by atoms with Crippen LogP contribution in [0.15, 0.2) is 285 Å². The predicted octanol–water partition coefficient (Wildman–Crippen LogP) is 20.2. The molecule has 0 amide bonds. The lowest BCUT2D eigenvalue weighted by molar-refractivity contribution is 0.607. The van der Waals surface area contributed by atoms with Crippen molar-refractivity contribution < 1.29 is 0 Å². The van der Waals surface area contributed by atoms with Crippen LogP contribution in [0.25, 0.3) is 72.5 Å². The molecule has 4 aliphatic heterocycles. The molecule has 0 N–H and O–H groups in total. The summed E-state index contributed by atoms with van der Waals surface area (Å²) < 4.78 is 2.43. The first kappa shape index (κ1) is 50.7. The summed E-state index contributed by atoms with van der Waals surface area (Å²) in [6.07, 6.45) is 4.42. The molecule has 11 aromatic carbocycles. The van der Waals surface area contributed by atoms with Crippen molar-refractivity contribution in [3.8, 4) is 50.7 Å². The van der Waals surface area contributed by atoms with Gasteiger partial charge in [0.15, 0.2) is 11.6 Å². The molecule has 2 unspecified atom stereocenters. The number of nitrogens with zero attached hydrogens (tertiary/aromatic N) is 8. The minimum Gasteiger partial charge on any atom is -0.335 e. The monoisotopic (exact) mass is 1120 g/mol. The van der Waals surface area contributed by atoms with E-state index < -0.39 is 0 Å². The van der Waals surface area contributed by atoms with Crippen LogP contribution in [0.1, 0.15) is 73.1 Å². The van der Waals surface area contributed by atoms with Crippen molar-refractivity contribution in [2.24, 2.45) is 0 Å². The summed E-state index contributed by atoms with van der Waals surface area (Å²) in [6, 6.07) is 99.6. The van der Waals surface area contributed by atoms with Crippen molar-refractivity contribution in [3.63, 3.8) is 0 Å². The number of hydrogen-bond acceptors (Lipinski definition) is 7. The van der Waals surface area contributed by atoms with Gasteiger partial charge in [-0.05, 0) is 133 Å². The zero-order chi connectivity index (χ0) is 57.7. The largest absolute Gasteiger partial charge is 0.335 e. The molecule has 0 saturated carbocycles. The number of benzene rings is 11. The van der Waals surface area contributed by atoms with Gasteiger partial charge in [-0.3, -0.25) is 0 Å². The maximum absolute atomic E-state index is 5.39. The van der Waals surface area contributed by atoms with Gasteiger partial charge in [0.05, 0.1) is 40.9 Å². The van der Waals surface area contributed by atoms with E-state index in [1.807, 2.05) is 36.4 Å². The van der Waals surface area contributed by atoms with Gasteiger partial charge in [0.25, 0.3) is 0 Å². The van der Waals surface area contributed by atoms with Crippen LogP contribution < -0.4 is 19.6 Å². The van der Waals surface area contributed by atoms with E-state index in [-0.39, 0.29) is 24.2 Å². The number of anilines is 7. The smallest absolute Gasteiger partial charge is 0.234 e. The quantitative estimate of drug-likeness (QED) is 0.128. The van der Waals surface area contributed by atoms with Crippen molar-refractivity contribution in [1.29, 1.82) is 0 Å². The molecule has 0 aliphatic carbocycles. The first-order chi connectivity index (χ1) is 43.1. The Bertz CT molecular complexity index is 4770. The van der Waals surface area contributed by atoms with E-state index in [9.17, 15) is 0 Å². The number of para-hydroxylation sites is 5. The Kier molecular flexibility index (Phi) is 11.9. The fraction of sp³-hybridized carbons (Fsp3) is 0.101. The van der Waals surface area contributed by atoms with E-state index in [4.69, 9.17) is 15.0 Å². The molecule has 0 spiro atoms. The molecule has 416 valence electrons. The average molecular weight is 1120 g/mol. The Balaban J connectivity index is 0.831. The molecule has 17 rings (SSSR count). The van der Waals surface area contributed by atoms with Crippen LogP contribution in [0.5, 0.6) is 0 Å². The molecule has 2 aromatic heterocycles. The molecule has 0 saturated heterocycles. The van der Waals surface area contributed by atoms with Crippen molar-refractivity contribution in [2.75, 3.05) is 19.6 Å². The van der Waals surface area contributed by atoms with Crippen LogP contribution in [0.2, 0.25) is 0 Å². The fourth-order valence-corrected chi connectivity index (χ4v) is 14.8. The Morgan fingerprint density at radius 3 is 1.28 bits per heavy atom. The molecular weight excluding hydrogens is 1060 g/mol. The Labute approximate surface area is 506 Å². The molecule has 8 nitrogen and oxygen atoms in total. The average Bonchev–Trinajstić information content (AvgIpc) is 1.60. The molecule has 0 radical (unpaired) electrons. The van der Waals surface area contributed by atoms with Gasteiger partial charge in [-0.1, -0.05) is 195 Å². The lowest BCUT2D eigenvalue weighted by Crippen LogP contribution is -2.27. The molecule has 6 heterocycles. The third kappa shape index (κ3) is 8.01. The number of allylic oxidation sites excluding steroid dienone is 2. The molecule has 4 aliphatic rings. The van der Waals surface area contributed by atoms with Crippen LogP contribution in [-0.2, 0) is 0 Å². The molecule has 0 fully saturated rings. The highest BCUT2D eigenvalue weighted by molar-refractivity contribution is 6.12. The minimum absolute atomic E-state index is 0.0847. The Morgan fingerprint density at radius 2 is 0.759 bits per heavy atom. The van der Waals surface area contributed by atoms with E-state index in [0.717, 1.165) is 57.7 Å². The third-order valence-corrected chi connectivity index (χ3v) is 18.5. The van der Waals surface area contributed by atoms with Gasteiger partial charge in [-0.15, -0.1) is 0 Å². The zero-order valence-corrected chi connectivity index (χ0v) is 48.4. The second kappa shape index (κ2) is 20.5. The standard InChI is InChI=1S/C79H60N8/c1-3-24-57(4-2)84-71-45-41-55(49-65(71)75-73(84)61-35-20-22-37-67(61)85(75)59-31-16-8-17-32-59)53-39-43-69-63(47-53)64-48-54(40-44-70(64)83(69)58-29-14-7-15-30-58)56-42-46-72-66(50-56)76-74(62-36-21-23-38-68(62)86(76)60-33-18-9-19-34-60)87(72)79-81-77(51-25-10-5-11-26-51)80-78(82-79)52-27-12-6-13-28-52/h4-23,25-50,73-76H,3,24H2,1-2H3/b57-4+/t73-,74?,75?,76-/m1/s1. The maximum atomic E-state index is 5.39. The first-order valence-electron chi connectivity index (χ1n) is 30.5. The lowest BCUT2D eigenvalue weighted by atomic mass is 9.95. The highest BCUT2D eigenvalue weighted by atomic mass is 15.4. The van der Waals surface area contributed by atoms with Crippen LogP contribution in [-0.4, -0.2) is 19.5 Å². The van der Waals surface area contributed by atoms with Gasteiger partial charge in [-0.25, -0.2) is 4.98 Å². The molecule has 4 atom stereocenters. The topological polar surface area (TPSA) is 56.6 Å². The number of fused-ring (bicyclic) bond motifs is 13. The van der Waals surface area contributed by atoms with Gasteiger partial charge >= 0.3 is 0 Å². The summed E-state index contributed by atoms with van der Waals surface area (Å²) in [6.45, 7) is 4.50. The summed E-state index contributed by atoms with van der Waals surface area (Å²) in [4.78, 5) is 26.1. The maximum Gasteiger partial charge on any atom is 0.234 e. The van der Waals surface area contributed by atoms with Crippen molar-refractivity contribution >= 4 is 61.9 Å². The predicted molar refractivity (Wildman–Crippen MR) is 357 cm³/mol. The van der Waals surface area contributed by atoms with Gasteiger partial charge < -0.3 is 24.2 Å². The SMILES string of the molecule is C/C=C(\CCC)N1c2ccc(-c3ccc4c(c3)c3cc(-c5ccc6c(c5)[C@@H]5C(c7ccccc7N5c5ccccc5)N6c5nc(-c6ccccc6)nc(-c6ccccc6)n5)ccc3n4-c3ccccc3)cc2C2[C@H]1c1ccccc1N2c1ccccc1. The fourth-order valence-electron chi connectivity index (χ4n) is 14.8. The van der Waals surface area contributed by atoms with Crippen molar-refractivity contribution in [2.45, 2.75) is 50.9 Å². The second-order valence-electron chi connectivity index (χ2n) is 23.3. The van der Waals surface area contributed by atoms with Crippen molar-refractivity contribution in [1.82, 2.24) is 19.5 Å². The number of rotatable bonds is 11. The number of aromatic nitrogens is 4. The van der Waals surface area contributed by atoms with Crippen LogP contribution in [0.4, 0.5) is 40.1 Å². The number of hydrogen-bond donors (Lipinski definition) is 0. The minimum atomic E-state index is -0.147. The van der Waals surface area contributed by atoms with Gasteiger partial charge in [-0.2, -0.15) is 9.97 Å². The highest BCUT2D eigenvalue weighted by Gasteiger charge is 2.52. The van der Waals surface area contributed by atoms with Crippen LogP contribution in [0.3, 0.4) is 0 Å². The molecule has 13 aromatic rings. The molecule has 8 heteroatoms. The summed E-state index contributed by atoms with van der Waals surface area (Å²) in [5.74, 6) is 1.88. The van der Waals surface area contributed by atoms with Crippen LogP contribution >= 0.6 is 0 Å². The van der Waals surface area contributed by atoms with Gasteiger partial charge in [0.1, 0.15) is 0 Å². The Morgan fingerprint density at radius 1 is 0.356 bits per heavy atom. The Hall–Kier alpha value is -10.8. The van der Waals surface area contributed by atoms with E-state index in [1.54, 1.807) is 0 Å². The van der Waals surface area contributed by atoms with Crippen molar-refractivity contribution in [3.05, 3.63) is 307 Å². The normalized spacial score (nSPS) is 17.1. The summed E-state index contributed by atoms with van der Waals surface area (Å²) in [7, 11) is 0.